The molecule has 0 aliphatic heterocycles. The highest BCUT2D eigenvalue weighted by Gasteiger charge is 2.10. The number of anilines is 1. The van der Waals surface area contributed by atoms with Gasteiger partial charge < -0.3 is 10.2 Å². The molecule has 0 aliphatic rings. The van der Waals surface area contributed by atoms with Crippen molar-refractivity contribution in [3.05, 3.63) is 10.4 Å². The lowest BCUT2D eigenvalue weighted by atomic mass is 10.4. The summed E-state index contributed by atoms with van der Waals surface area (Å²) in [6.07, 6.45) is 2.07. The van der Waals surface area contributed by atoms with Crippen LogP contribution in [-0.2, 0) is 6.42 Å². The summed E-state index contributed by atoms with van der Waals surface area (Å²) in [7, 11) is 4.15. The molecule has 0 aromatic carbocycles. The van der Waals surface area contributed by atoms with Gasteiger partial charge in [-0.15, -0.1) is 21.5 Å². The van der Waals surface area contributed by atoms with Crippen LogP contribution in [0.15, 0.2) is 5.38 Å². The van der Waals surface area contributed by atoms with E-state index in [9.17, 15) is 0 Å². The van der Waals surface area contributed by atoms with Crippen LogP contribution < -0.4 is 5.32 Å². The number of nitrogens with one attached hydrogen (secondary N) is 1. The summed E-state index contributed by atoms with van der Waals surface area (Å²) in [6, 6.07) is 0. The molecule has 0 saturated heterocycles. The van der Waals surface area contributed by atoms with Crippen LogP contribution in [0.1, 0.15) is 18.4 Å². The maximum absolute atomic E-state index is 4.62. The standard InChI is InChI=1S/C12H19N5S2/c1-4-6-13-12-16-15-11(19-12)9-8-18-10(14-9)5-7-17(2)3/h8H,4-7H2,1-3H3,(H,13,16). The van der Waals surface area contributed by atoms with Gasteiger partial charge in [0.15, 0.2) is 5.01 Å². The van der Waals surface area contributed by atoms with Crippen LogP contribution in [-0.4, -0.2) is 47.3 Å². The second-order valence-corrected chi connectivity index (χ2v) is 6.44. The lowest BCUT2D eigenvalue weighted by Crippen LogP contribution is -2.14. The molecule has 0 amide bonds. The van der Waals surface area contributed by atoms with Gasteiger partial charge in [0.05, 0.1) is 5.01 Å². The normalized spacial score (nSPS) is 11.2. The third-order valence-corrected chi connectivity index (χ3v) is 4.31. The Bertz CT molecular complexity index is 506. The highest BCUT2D eigenvalue weighted by Crippen LogP contribution is 2.27. The van der Waals surface area contributed by atoms with Gasteiger partial charge in [-0.2, -0.15) is 0 Å². The smallest absolute Gasteiger partial charge is 0.206 e. The molecule has 1 N–H and O–H groups in total. The molecule has 0 radical (unpaired) electrons. The van der Waals surface area contributed by atoms with E-state index in [1.54, 1.807) is 22.7 Å². The average Bonchev–Trinajstić information content (AvgIpc) is 3.02. The number of rotatable bonds is 7. The monoisotopic (exact) mass is 297 g/mol. The van der Waals surface area contributed by atoms with Crippen molar-refractivity contribution in [2.45, 2.75) is 19.8 Å². The minimum absolute atomic E-state index is 0.875. The topological polar surface area (TPSA) is 53.9 Å². The van der Waals surface area contributed by atoms with E-state index >= 15 is 0 Å². The summed E-state index contributed by atoms with van der Waals surface area (Å²) < 4.78 is 0. The summed E-state index contributed by atoms with van der Waals surface area (Å²) in [5.41, 5.74) is 0.945. The van der Waals surface area contributed by atoms with Crippen molar-refractivity contribution in [1.29, 1.82) is 0 Å². The maximum atomic E-state index is 4.62. The average molecular weight is 297 g/mol. The molecule has 2 aromatic rings. The summed E-state index contributed by atoms with van der Waals surface area (Å²) in [5.74, 6) is 0. The Balaban J connectivity index is 1.99. The predicted molar refractivity (Wildman–Crippen MR) is 82.1 cm³/mol. The number of aromatic nitrogens is 3. The highest BCUT2D eigenvalue weighted by molar-refractivity contribution is 7.18. The molecule has 0 aliphatic carbocycles. The number of thiazole rings is 1. The molecule has 5 nitrogen and oxygen atoms in total. The molecule has 0 spiro atoms. The van der Waals surface area contributed by atoms with Gasteiger partial charge in [-0.3, -0.25) is 0 Å². The van der Waals surface area contributed by atoms with Crippen LogP contribution in [0.4, 0.5) is 5.13 Å². The van der Waals surface area contributed by atoms with E-state index in [4.69, 9.17) is 0 Å². The zero-order valence-electron chi connectivity index (χ0n) is 11.5. The molecule has 0 fully saturated rings. The van der Waals surface area contributed by atoms with Crippen LogP contribution in [0.5, 0.6) is 0 Å². The quantitative estimate of drug-likeness (QED) is 0.851. The predicted octanol–water partition coefficient (Wildman–Crippen LogP) is 2.59. The number of nitrogens with zero attached hydrogens (tertiary/aromatic N) is 4. The van der Waals surface area contributed by atoms with Gasteiger partial charge in [-0.05, 0) is 20.5 Å². The first kappa shape index (κ1) is 14.4. The third-order valence-electron chi connectivity index (χ3n) is 2.49. The molecule has 19 heavy (non-hydrogen) atoms. The first-order valence-corrected chi connectivity index (χ1v) is 8.05. The van der Waals surface area contributed by atoms with Crippen LogP contribution in [0, 0.1) is 0 Å². The van der Waals surface area contributed by atoms with Gasteiger partial charge in [0.2, 0.25) is 5.13 Å². The Kier molecular flexibility index (Phi) is 5.24. The van der Waals surface area contributed by atoms with E-state index < -0.39 is 0 Å². The zero-order valence-corrected chi connectivity index (χ0v) is 13.1. The zero-order chi connectivity index (χ0) is 13.7. The fourth-order valence-corrected chi connectivity index (χ4v) is 3.05. The summed E-state index contributed by atoms with van der Waals surface area (Å²) in [6.45, 7) is 4.08. The number of hydrogen-bond donors (Lipinski definition) is 1. The van der Waals surface area contributed by atoms with Crippen molar-refractivity contribution in [2.75, 3.05) is 32.5 Å². The van der Waals surface area contributed by atoms with Crippen LogP contribution >= 0.6 is 22.7 Å². The Morgan fingerprint density at radius 1 is 1.32 bits per heavy atom. The van der Waals surface area contributed by atoms with Crippen LogP contribution in [0.25, 0.3) is 10.7 Å². The van der Waals surface area contributed by atoms with Crippen molar-refractivity contribution < 1.29 is 0 Å². The Hall–Kier alpha value is -1.05. The molecule has 0 unspecified atom stereocenters. The van der Waals surface area contributed by atoms with Crippen molar-refractivity contribution in [1.82, 2.24) is 20.1 Å². The summed E-state index contributed by atoms with van der Waals surface area (Å²) in [4.78, 5) is 6.78. The first-order valence-electron chi connectivity index (χ1n) is 6.36. The molecule has 0 bridgehead atoms. The van der Waals surface area contributed by atoms with E-state index in [1.165, 1.54) is 0 Å². The van der Waals surface area contributed by atoms with Crippen molar-refractivity contribution in [3.63, 3.8) is 0 Å². The Labute approximate surface area is 121 Å². The Morgan fingerprint density at radius 3 is 2.89 bits per heavy atom. The van der Waals surface area contributed by atoms with E-state index in [0.717, 1.165) is 46.8 Å². The van der Waals surface area contributed by atoms with Crippen molar-refractivity contribution >= 4 is 27.8 Å². The fraction of sp³-hybridized carbons (Fsp3) is 0.583. The molecular formula is C12H19N5S2. The van der Waals surface area contributed by atoms with E-state index in [1.807, 2.05) is 0 Å². The second kappa shape index (κ2) is 6.93. The van der Waals surface area contributed by atoms with Gasteiger partial charge in [-0.25, -0.2) is 4.98 Å². The SMILES string of the molecule is CCCNc1nnc(-c2csc(CCN(C)C)n2)s1. The molecule has 2 heterocycles. The molecule has 7 heteroatoms. The van der Waals surface area contributed by atoms with Gasteiger partial charge in [0.25, 0.3) is 0 Å². The minimum atomic E-state index is 0.875. The van der Waals surface area contributed by atoms with Gasteiger partial charge in [0.1, 0.15) is 5.69 Å². The van der Waals surface area contributed by atoms with Crippen molar-refractivity contribution in [3.8, 4) is 10.7 Å². The Morgan fingerprint density at radius 2 is 2.16 bits per heavy atom. The van der Waals surface area contributed by atoms with E-state index in [-0.39, 0.29) is 0 Å². The molecule has 2 aromatic heterocycles. The number of hydrogen-bond acceptors (Lipinski definition) is 7. The van der Waals surface area contributed by atoms with E-state index in [0.29, 0.717) is 0 Å². The van der Waals surface area contributed by atoms with Gasteiger partial charge >= 0.3 is 0 Å². The van der Waals surface area contributed by atoms with Crippen LogP contribution in [0.3, 0.4) is 0 Å². The first-order chi connectivity index (χ1) is 9.19. The molecule has 2 rings (SSSR count). The largest absolute Gasteiger partial charge is 0.360 e. The highest BCUT2D eigenvalue weighted by atomic mass is 32.1. The van der Waals surface area contributed by atoms with Crippen molar-refractivity contribution in [2.24, 2.45) is 0 Å². The van der Waals surface area contributed by atoms with Crippen LogP contribution in [0.2, 0.25) is 0 Å². The lowest BCUT2D eigenvalue weighted by molar-refractivity contribution is 0.413. The molecule has 0 saturated carbocycles. The second-order valence-electron chi connectivity index (χ2n) is 4.52. The van der Waals surface area contributed by atoms with Gasteiger partial charge in [-0.1, -0.05) is 18.3 Å². The van der Waals surface area contributed by atoms with E-state index in [2.05, 4.69) is 51.8 Å². The minimum Gasteiger partial charge on any atom is -0.360 e. The third kappa shape index (κ3) is 4.22. The molecular weight excluding hydrogens is 278 g/mol. The molecule has 104 valence electrons. The number of likely N-dealkylation sites (N-methyl/N-ethyl adjacent to an activating group) is 1. The van der Waals surface area contributed by atoms with Gasteiger partial charge in [0, 0.05) is 24.9 Å². The molecule has 0 atom stereocenters. The lowest BCUT2D eigenvalue weighted by Gasteiger charge is -2.06. The summed E-state index contributed by atoms with van der Waals surface area (Å²) in [5, 5.41) is 16.5. The fourth-order valence-electron chi connectivity index (χ4n) is 1.47. The summed E-state index contributed by atoms with van der Waals surface area (Å²) >= 11 is 3.26. The maximum Gasteiger partial charge on any atom is 0.206 e.